The third-order valence-corrected chi connectivity index (χ3v) is 3.64. The molecule has 0 saturated heterocycles. The van der Waals surface area contributed by atoms with Crippen LogP contribution in [0.3, 0.4) is 0 Å². The van der Waals surface area contributed by atoms with Gasteiger partial charge in [0.15, 0.2) is 0 Å². The smallest absolute Gasteiger partial charge is 0.223 e. The topological polar surface area (TPSA) is 55.6 Å². The average Bonchev–Trinajstić information content (AvgIpc) is 2.50. The Balaban J connectivity index is 2.63. The van der Waals surface area contributed by atoms with E-state index in [9.17, 15) is 4.79 Å². The molecule has 0 aliphatic rings. The van der Waals surface area contributed by atoms with Crippen LogP contribution in [0, 0.1) is 5.92 Å². The Morgan fingerprint density at radius 2 is 1.95 bits per heavy atom. The van der Waals surface area contributed by atoms with Gasteiger partial charge in [0.2, 0.25) is 5.91 Å². The maximum Gasteiger partial charge on any atom is 0.223 e. The minimum atomic E-state index is 0.181. The number of nitrogens with two attached hydrogens (primary N) is 1. The first-order valence-corrected chi connectivity index (χ1v) is 7.25. The Hall–Kier alpha value is -1.55. The Morgan fingerprint density at radius 3 is 2.40 bits per heavy atom. The van der Waals surface area contributed by atoms with Gasteiger partial charge in [-0.1, -0.05) is 25.5 Å². The molecular formula is C16H26N2O2. The van der Waals surface area contributed by atoms with Crippen LogP contribution in [0.1, 0.15) is 32.3 Å². The Labute approximate surface area is 121 Å². The highest BCUT2D eigenvalue weighted by atomic mass is 16.5. The first kappa shape index (κ1) is 16.5. The molecule has 1 unspecified atom stereocenters. The van der Waals surface area contributed by atoms with Crippen LogP contribution in [-0.2, 0) is 11.3 Å². The van der Waals surface area contributed by atoms with Crippen LogP contribution >= 0.6 is 0 Å². The van der Waals surface area contributed by atoms with E-state index in [0.717, 1.165) is 17.7 Å². The van der Waals surface area contributed by atoms with Crippen LogP contribution in [0.5, 0.6) is 5.75 Å². The van der Waals surface area contributed by atoms with Gasteiger partial charge in [-0.2, -0.15) is 0 Å². The molecule has 20 heavy (non-hydrogen) atoms. The SMILES string of the molecule is CCC(CN)CC(=O)N(CC)Cc1ccc(OC)cc1. The number of carbonyl (C=O) groups is 1. The zero-order valence-electron chi connectivity index (χ0n) is 12.8. The van der Waals surface area contributed by atoms with Crippen molar-refractivity contribution in [2.24, 2.45) is 11.7 Å². The van der Waals surface area contributed by atoms with E-state index in [1.807, 2.05) is 36.1 Å². The van der Waals surface area contributed by atoms with E-state index in [1.54, 1.807) is 7.11 Å². The molecule has 0 fully saturated rings. The molecule has 0 aliphatic carbocycles. The van der Waals surface area contributed by atoms with E-state index >= 15 is 0 Å². The van der Waals surface area contributed by atoms with Crippen molar-refractivity contribution in [2.45, 2.75) is 33.2 Å². The van der Waals surface area contributed by atoms with Gasteiger partial charge in [0, 0.05) is 19.5 Å². The molecule has 1 amide bonds. The molecule has 0 radical (unpaired) electrons. The van der Waals surface area contributed by atoms with Gasteiger partial charge in [0.25, 0.3) is 0 Å². The predicted molar refractivity (Wildman–Crippen MR) is 81.5 cm³/mol. The van der Waals surface area contributed by atoms with Crippen LogP contribution in [0.4, 0.5) is 0 Å². The minimum Gasteiger partial charge on any atom is -0.497 e. The Bertz CT molecular complexity index is 399. The quantitative estimate of drug-likeness (QED) is 0.794. The standard InChI is InChI=1S/C16H26N2O2/c1-4-13(11-17)10-16(19)18(5-2)12-14-6-8-15(20-3)9-7-14/h6-9,13H,4-5,10-12,17H2,1-3H3. The van der Waals surface area contributed by atoms with Crippen molar-refractivity contribution >= 4 is 5.91 Å². The first-order valence-electron chi connectivity index (χ1n) is 7.25. The molecule has 1 rings (SSSR count). The maximum atomic E-state index is 12.3. The Kier molecular flexibility index (Phi) is 7.09. The molecule has 112 valence electrons. The summed E-state index contributed by atoms with van der Waals surface area (Å²) in [5.41, 5.74) is 6.79. The molecule has 0 spiro atoms. The normalized spacial score (nSPS) is 12.0. The predicted octanol–water partition coefficient (Wildman–Crippen LogP) is 2.42. The van der Waals surface area contributed by atoms with Gasteiger partial charge in [0.1, 0.15) is 5.75 Å². The van der Waals surface area contributed by atoms with E-state index in [1.165, 1.54) is 0 Å². The lowest BCUT2D eigenvalue weighted by Crippen LogP contribution is -2.33. The van der Waals surface area contributed by atoms with Gasteiger partial charge < -0.3 is 15.4 Å². The zero-order chi connectivity index (χ0) is 15.0. The summed E-state index contributed by atoms with van der Waals surface area (Å²) < 4.78 is 5.14. The van der Waals surface area contributed by atoms with Crippen LogP contribution < -0.4 is 10.5 Å². The van der Waals surface area contributed by atoms with Crippen LogP contribution in [-0.4, -0.2) is 31.0 Å². The lowest BCUT2D eigenvalue weighted by Gasteiger charge is -2.23. The largest absolute Gasteiger partial charge is 0.497 e. The van der Waals surface area contributed by atoms with Gasteiger partial charge in [0.05, 0.1) is 7.11 Å². The summed E-state index contributed by atoms with van der Waals surface area (Å²) in [7, 11) is 1.65. The number of ether oxygens (including phenoxy) is 1. The summed E-state index contributed by atoms with van der Waals surface area (Å²) in [4.78, 5) is 14.2. The van der Waals surface area contributed by atoms with Crippen molar-refractivity contribution < 1.29 is 9.53 Å². The van der Waals surface area contributed by atoms with Crippen molar-refractivity contribution in [2.75, 3.05) is 20.2 Å². The van der Waals surface area contributed by atoms with Crippen molar-refractivity contribution in [3.8, 4) is 5.75 Å². The second-order valence-corrected chi connectivity index (χ2v) is 4.97. The van der Waals surface area contributed by atoms with Crippen molar-refractivity contribution in [1.29, 1.82) is 0 Å². The monoisotopic (exact) mass is 278 g/mol. The number of hydrogen-bond donors (Lipinski definition) is 1. The van der Waals surface area contributed by atoms with E-state index in [4.69, 9.17) is 10.5 Å². The third kappa shape index (κ3) is 4.85. The molecule has 0 bridgehead atoms. The Morgan fingerprint density at radius 1 is 1.30 bits per heavy atom. The van der Waals surface area contributed by atoms with E-state index < -0.39 is 0 Å². The van der Waals surface area contributed by atoms with Crippen molar-refractivity contribution in [3.63, 3.8) is 0 Å². The molecule has 1 aromatic carbocycles. The van der Waals surface area contributed by atoms with E-state index in [-0.39, 0.29) is 11.8 Å². The number of benzene rings is 1. The fourth-order valence-electron chi connectivity index (χ4n) is 2.10. The number of nitrogens with zero attached hydrogens (tertiary/aromatic N) is 1. The molecule has 1 aromatic rings. The molecule has 0 aliphatic heterocycles. The molecule has 0 heterocycles. The first-order chi connectivity index (χ1) is 9.64. The molecule has 4 heteroatoms. The van der Waals surface area contributed by atoms with Crippen molar-refractivity contribution in [1.82, 2.24) is 4.90 Å². The number of rotatable bonds is 8. The minimum absolute atomic E-state index is 0.181. The fourth-order valence-corrected chi connectivity index (χ4v) is 2.10. The maximum absolute atomic E-state index is 12.3. The molecule has 2 N–H and O–H groups in total. The lowest BCUT2D eigenvalue weighted by molar-refractivity contribution is -0.132. The number of methoxy groups -OCH3 is 1. The highest BCUT2D eigenvalue weighted by molar-refractivity contribution is 5.76. The molecule has 1 atom stereocenters. The summed E-state index contributed by atoms with van der Waals surface area (Å²) >= 11 is 0. The second-order valence-electron chi connectivity index (χ2n) is 4.97. The summed E-state index contributed by atoms with van der Waals surface area (Å²) in [6, 6.07) is 7.83. The lowest BCUT2D eigenvalue weighted by atomic mass is 10.0. The zero-order valence-corrected chi connectivity index (χ0v) is 12.8. The van der Waals surface area contributed by atoms with Crippen molar-refractivity contribution in [3.05, 3.63) is 29.8 Å². The average molecular weight is 278 g/mol. The summed E-state index contributed by atoms with van der Waals surface area (Å²) in [6.07, 6.45) is 1.49. The van der Waals surface area contributed by atoms with Gasteiger partial charge in [-0.15, -0.1) is 0 Å². The number of amides is 1. The number of hydrogen-bond acceptors (Lipinski definition) is 3. The van der Waals surface area contributed by atoms with Gasteiger partial charge >= 0.3 is 0 Å². The molecule has 0 aromatic heterocycles. The fraction of sp³-hybridized carbons (Fsp3) is 0.562. The highest BCUT2D eigenvalue weighted by Gasteiger charge is 2.16. The highest BCUT2D eigenvalue weighted by Crippen LogP contribution is 2.15. The van der Waals surface area contributed by atoms with Gasteiger partial charge in [-0.3, -0.25) is 4.79 Å². The van der Waals surface area contributed by atoms with Crippen LogP contribution in [0.15, 0.2) is 24.3 Å². The summed E-state index contributed by atoms with van der Waals surface area (Å²) in [5.74, 6) is 1.30. The number of carbonyl (C=O) groups excluding carboxylic acids is 1. The second kappa shape index (κ2) is 8.59. The summed E-state index contributed by atoms with van der Waals surface area (Å²) in [6.45, 7) is 6.00. The molecule has 0 saturated carbocycles. The van der Waals surface area contributed by atoms with Gasteiger partial charge in [-0.05, 0) is 37.1 Å². The molecular weight excluding hydrogens is 252 g/mol. The van der Waals surface area contributed by atoms with Gasteiger partial charge in [-0.25, -0.2) is 0 Å². The molecule has 4 nitrogen and oxygen atoms in total. The third-order valence-electron chi connectivity index (χ3n) is 3.64. The van der Waals surface area contributed by atoms with E-state index in [2.05, 4.69) is 6.92 Å². The van der Waals surface area contributed by atoms with Crippen LogP contribution in [0.2, 0.25) is 0 Å². The summed E-state index contributed by atoms with van der Waals surface area (Å²) in [5, 5.41) is 0. The van der Waals surface area contributed by atoms with E-state index in [0.29, 0.717) is 26.1 Å². The van der Waals surface area contributed by atoms with Crippen LogP contribution in [0.25, 0.3) is 0 Å².